The quantitative estimate of drug-likeness (QED) is 0.872. The highest BCUT2D eigenvalue weighted by Gasteiger charge is 2.14. The van der Waals surface area contributed by atoms with Crippen molar-refractivity contribution in [2.75, 3.05) is 0 Å². The highest BCUT2D eigenvalue weighted by Crippen LogP contribution is 2.29. The molecule has 0 atom stereocenters. The maximum atomic E-state index is 5.82. The van der Waals surface area contributed by atoms with Crippen LogP contribution in [0.15, 0.2) is 22.6 Å². The number of benzene rings is 1. The van der Waals surface area contributed by atoms with Crippen LogP contribution in [-0.4, -0.2) is 0 Å². The van der Waals surface area contributed by atoms with Gasteiger partial charge in [-0.05, 0) is 36.5 Å². The molecule has 1 aromatic carbocycles. The highest BCUT2D eigenvalue weighted by molar-refractivity contribution is 5.83. The van der Waals surface area contributed by atoms with Gasteiger partial charge in [-0.1, -0.05) is 26.8 Å². The first-order chi connectivity index (χ1) is 8.15. The number of fused-ring (bicyclic) bond motifs is 1. The van der Waals surface area contributed by atoms with E-state index in [2.05, 4.69) is 39.0 Å². The van der Waals surface area contributed by atoms with Gasteiger partial charge in [-0.25, -0.2) is 0 Å². The van der Waals surface area contributed by atoms with Crippen molar-refractivity contribution in [3.8, 4) is 0 Å². The van der Waals surface area contributed by atoms with Gasteiger partial charge >= 0.3 is 0 Å². The molecule has 0 spiro atoms. The average molecular weight is 231 g/mol. The number of rotatable bonds is 4. The monoisotopic (exact) mass is 231 g/mol. The van der Waals surface area contributed by atoms with Gasteiger partial charge in [0, 0.05) is 10.9 Å². The lowest BCUT2D eigenvalue weighted by Crippen LogP contribution is -2.01. The minimum absolute atomic E-state index is 0.484. The van der Waals surface area contributed by atoms with Crippen molar-refractivity contribution in [3.63, 3.8) is 0 Å². The summed E-state index contributed by atoms with van der Waals surface area (Å²) >= 11 is 0. The predicted octanol–water partition coefficient (Wildman–Crippen LogP) is 3.65. The van der Waals surface area contributed by atoms with Crippen molar-refractivity contribution in [1.82, 2.24) is 0 Å². The van der Waals surface area contributed by atoms with Crippen LogP contribution in [0.5, 0.6) is 0 Å². The Bertz CT molecular complexity index is 511. The number of aryl methyl sites for hydroxylation is 1. The molecule has 0 fully saturated rings. The molecular weight excluding hydrogens is 210 g/mol. The summed E-state index contributed by atoms with van der Waals surface area (Å²) in [6.07, 6.45) is 2.09. The van der Waals surface area contributed by atoms with E-state index in [-0.39, 0.29) is 0 Å². The summed E-state index contributed by atoms with van der Waals surface area (Å²) < 4.78 is 5.82. The first-order valence-electron chi connectivity index (χ1n) is 6.39. The molecule has 2 nitrogen and oxygen atoms in total. The first-order valence-corrected chi connectivity index (χ1v) is 6.39. The van der Waals surface area contributed by atoms with Crippen molar-refractivity contribution >= 4 is 11.0 Å². The molecule has 92 valence electrons. The Morgan fingerprint density at radius 1 is 1.29 bits per heavy atom. The van der Waals surface area contributed by atoms with E-state index in [1.54, 1.807) is 0 Å². The zero-order chi connectivity index (χ0) is 12.4. The van der Waals surface area contributed by atoms with Crippen LogP contribution >= 0.6 is 0 Å². The van der Waals surface area contributed by atoms with Crippen LogP contribution in [0.1, 0.15) is 37.7 Å². The normalized spacial score (nSPS) is 11.6. The molecule has 0 bridgehead atoms. The summed E-state index contributed by atoms with van der Waals surface area (Å²) in [7, 11) is 0. The molecule has 0 aliphatic rings. The Balaban J connectivity index is 2.58. The summed E-state index contributed by atoms with van der Waals surface area (Å²) in [5, 5.41) is 1.25. The van der Waals surface area contributed by atoms with Crippen LogP contribution in [-0.2, 0) is 19.4 Å². The van der Waals surface area contributed by atoms with Gasteiger partial charge in [0.05, 0.1) is 6.54 Å². The van der Waals surface area contributed by atoms with Gasteiger partial charge in [-0.3, -0.25) is 0 Å². The Morgan fingerprint density at radius 3 is 2.65 bits per heavy atom. The van der Waals surface area contributed by atoms with Crippen LogP contribution in [0.25, 0.3) is 11.0 Å². The van der Waals surface area contributed by atoms with Gasteiger partial charge in [0.2, 0.25) is 0 Å². The van der Waals surface area contributed by atoms with E-state index in [0.717, 1.165) is 24.2 Å². The molecular formula is C15H21NO. The predicted molar refractivity (Wildman–Crippen MR) is 72.0 cm³/mol. The summed E-state index contributed by atoms with van der Waals surface area (Å²) in [6.45, 7) is 7.11. The second-order valence-corrected chi connectivity index (χ2v) is 4.99. The molecule has 0 aliphatic carbocycles. The Labute approximate surface area is 103 Å². The van der Waals surface area contributed by atoms with Crippen LogP contribution < -0.4 is 5.73 Å². The van der Waals surface area contributed by atoms with E-state index in [4.69, 9.17) is 10.2 Å². The third-order valence-electron chi connectivity index (χ3n) is 3.14. The third kappa shape index (κ3) is 2.37. The van der Waals surface area contributed by atoms with E-state index in [9.17, 15) is 0 Å². The van der Waals surface area contributed by atoms with E-state index in [1.165, 1.54) is 16.5 Å². The zero-order valence-corrected chi connectivity index (χ0v) is 10.9. The largest absolute Gasteiger partial charge is 0.459 e. The van der Waals surface area contributed by atoms with Gasteiger partial charge in [0.1, 0.15) is 11.3 Å². The Morgan fingerprint density at radius 2 is 2.06 bits per heavy atom. The molecule has 1 heterocycles. The van der Waals surface area contributed by atoms with Gasteiger partial charge in [-0.2, -0.15) is 0 Å². The molecule has 0 aliphatic heterocycles. The SMILES string of the molecule is CCc1ccc2oc(CN)c(CC(C)C)c2c1. The van der Waals surface area contributed by atoms with E-state index >= 15 is 0 Å². The van der Waals surface area contributed by atoms with E-state index < -0.39 is 0 Å². The topological polar surface area (TPSA) is 39.2 Å². The van der Waals surface area contributed by atoms with Crippen LogP contribution in [0.2, 0.25) is 0 Å². The fraction of sp³-hybridized carbons (Fsp3) is 0.467. The summed E-state index contributed by atoms with van der Waals surface area (Å²) in [6, 6.07) is 6.44. The van der Waals surface area contributed by atoms with E-state index in [0.29, 0.717) is 12.5 Å². The smallest absolute Gasteiger partial charge is 0.134 e. The lowest BCUT2D eigenvalue weighted by molar-refractivity contribution is 0.535. The molecule has 0 saturated carbocycles. The first kappa shape index (κ1) is 12.2. The van der Waals surface area contributed by atoms with Gasteiger partial charge in [0.15, 0.2) is 0 Å². The number of hydrogen-bond acceptors (Lipinski definition) is 2. The zero-order valence-electron chi connectivity index (χ0n) is 10.9. The van der Waals surface area contributed by atoms with Crippen molar-refractivity contribution in [2.24, 2.45) is 11.7 Å². The average Bonchev–Trinajstić information content (AvgIpc) is 2.66. The van der Waals surface area contributed by atoms with Crippen LogP contribution in [0.3, 0.4) is 0 Å². The van der Waals surface area contributed by atoms with Crippen LogP contribution in [0.4, 0.5) is 0 Å². The molecule has 2 heteroatoms. The second kappa shape index (κ2) is 4.92. The van der Waals surface area contributed by atoms with Gasteiger partial charge < -0.3 is 10.2 Å². The fourth-order valence-corrected chi connectivity index (χ4v) is 2.26. The third-order valence-corrected chi connectivity index (χ3v) is 3.14. The maximum absolute atomic E-state index is 5.82. The number of furan rings is 1. The molecule has 0 amide bonds. The maximum Gasteiger partial charge on any atom is 0.134 e. The van der Waals surface area contributed by atoms with Crippen molar-refractivity contribution in [2.45, 2.75) is 40.2 Å². The minimum atomic E-state index is 0.484. The Kier molecular flexibility index (Phi) is 3.53. The summed E-state index contributed by atoms with van der Waals surface area (Å²) in [5.74, 6) is 1.56. The van der Waals surface area contributed by atoms with Gasteiger partial charge in [0.25, 0.3) is 0 Å². The fourth-order valence-electron chi connectivity index (χ4n) is 2.26. The number of nitrogens with two attached hydrogens (primary N) is 1. The lowest BCUT2D eigenvalue weighted by Gasteiger charge is -2.05. The van der Waals surface area contributed by atoms with Gasteiger partial charge in [-0.15, -0.1) is 0 Å². The molecule has 1 aromatic heterocycles. The van der Waals surface area contributed by atoms with Crippen molar-refractivity contribution in [3.05, 3.63) is 35.1 Å². The molecule has 2 N–H and O–H groups in total. The highest BCUT2D eigenvalue weighted by atomic mass is 16.3. The minimum Gasteiger partial charge on any atom is -0.459 e. The van der Waals surface area contributed by atoms with Crippen LogP contribution in [0, 0.1) is 5.92 Å². The molecule has 0 radical (unpaired) electrons. The van der Waals surface area contributed by atoms with Crippen molar-refractivity contribution in [1.29, 1.82) is 0 Å². The molecule has 2 aromatic rings. The lowest BCUT2D eigenvalue weighted by atomic mass is 9.98. The summed E-state index contributed by atoms with van der Waals surface area (Å²) in [4.78, 5) is 0. The molecule has 2 rings (SSSR count). The molecule has 0 saturated heterocycles. The summed E-state index contributed by atoms with van der Waals surface area (Å²) in [5.41, 5.74) is 9.39. The Hall–Kier alpha value is -1.28. The second-order valence-electron chi connectivity index (χ2n) is 4.99. The standard InChI is InChI=1S/C15H21NO/c1-4-11-5-6-14-13(8-11)12(7-10(2)3)15(9-16)17-14/h5-6,8,10H,4,7,9,16H2,1-3H3. The molecule has 0 unspecified atom stereocenters. The number of hydrogen-bond donors (Lipinski definition) is 1. The van der Waals surface area contributed by atoms with E-state index in [1.807, 2.05) is 0 Å². The molecule has 17 heavy (non-hydrogen) atoms. The van der Waals surface area contributed by atoms with Crippen molar-refractivity contribution < 1.29 is 4.42 Å².